The van der Waals surface area contributed by atoms with Crippen LogP contribution in [0.2, 0.25) is 10.0 Å². The Balaban J connectivity index is 1.96. The normalized spacial score (nSPS) is 12.1. The molecule has 2 aromatic carbocycles. The summed E-state index contributed by atoms with van der Waals surface area (Å²) in [5.74, 6) is -0.398. The first-order valence-corrected chi connectivity index (χ1v) is 9.84. The Morgan fingerprint density at radius 3 is 2.48 bits per heavy atom. The quantitative estimate of drug-likeness (QED) is 0.421. The molecule has 0 radical (unpaired) electrons. The molecule has 0 fully saturated rings. The van der Waals surface area contributed by atoms with Crippen molar-refractivity contribution in [2.24, 2.45) is 0 Å². The second kappa shape index (κ2) is 8.01. The Labute approximate surface area is 185 Å². The van der Waals surface area contributed by atoms with Crippen LogP contribution >= 0.6 is 23.2 Å². The van der Waals surface area contributed by atoms with Gasteiger partial charge in [-0.05, 0) is 31.2 Å². The molecule has 0 aliphatic rings. The molecule has 0 aliphatic heterocycles. The molecule has 11 heteroatoms. The number of nitrogens with one attached hydrogen (secondary N) is 1. The first-order chi connectivity index (χ1) is 14.8. The lowest BCUT2D eigenvalue weighted by Crippen LogP contribution is -2.28. The van der Waals surface area contributed by atoms with Crippen LogP contribution in [0.25, 0.3) is 16.6 Å². The summed E-state index contributed by atoms with van der Waals surface area (Å²) >= 11 is 12.4. The zero-order chi connectivity index (χ0) is 22.3. The van der Waals surface area contributed by atoms with E-state index < -0.39 is 17.4 Å². The minimum Gasteiger partial charge on any atom is -0.382 e. The van der Waals surface area contributed by atoms with Crippen LogP contribution in [0.4, 0.5) is 22.0 Å². The molecule has 0 aliphatic carbocycles. The Kier molecular flexibility index (Phi) is 5.38. The number of nitrogens with two attached hydrogens (primary N) is 2. The lowest BCUT2D eigenvalue weighted by atomic mass is 10.2. The summed E-state index contributed by atoms with van der Waals surface area (Å²) in [4.78, 5) is 25.7. The summed E-state index contributed by atoms with van der Waals surface area (Å²) in [5, 5.41) is 3.17. The molecule has 4 rings (SSSR count). The highest BCUT2D eigenvalue weighted by Gasteiger charge is 2.22. The van der Waals surface area contributed by atoms with Crippen molar-refractivity contribution in [1.82, 2.24) is 19.5 Å². The molecule has 2 heterocycles. The molecule has 158 valence electrons. The van der Waals surface area contributed by atoms with Crippen molar-refractivity contribution in [2.45, 2.75) is 13.0 Å². The maximum Gasteiger partial charge on any atom is 0.267 e. The molecule has 2 aromatic heterocycles. The second-order valence-corrected chi connectivity index (χ2v) is 7.48. The molecule has 4 aromatic rings. The number of benzene rings is 2. The van der Waals surface area contributed by atoms with Crippen LogP contribution in [-0.4, -0.2) is 19.5 Å². The van der Waals surface area contributed by atoms with Gasteiger partial charge in [0.1, 0.15) is 28.0 Å². The highest BCUT2D eigenvalue weighted by Crippen LogP contribution is 2.30. The highest BCUT2D eigenvalue weighted by atomic mass is 35.5. The number of fused-ring (bicyclic) bond motifs is 1. The number of aromatic nitrogens is 4. The molecule has 5 N–H and O–H groups in total. The van der Waals surface area contributed by atoms with Crippen molar-refractivity contribution in [2.75, 3.05) is 16.8 Å². The van der Waals surface area contributed by atoms with Crippen molar-refractivity contribution in [3.63, 3.8) is 0 Å². The topological polar surface area (TPSA) is 125 Å². The molecule has 0 saturated carbocycles. The van der Waals surface area contributed by atoms with Gasteiger partial charge in [-0.15, -0.1) is 0 Å². The summed E-state index contributed by atoms with van der Waals surface area (Å²) < 4.78 is 15.9. The zero-order valence-corrected chi connectivity index (χ0v) is 17.6. The van der Waals surface area contributed by atoms with Gasteiger partial charge in [0.2, 0.25) is 5.95 Å². The molecule has 0 saturated heterocycles. The molecular weight excluding hydrogens is 444 g/mol. The van der Waals surface area contributed by atoms with Gasteiger partial charge in [-0.2, -0.15) is 9.97 Å². The van der Waals surface area contributed by atoms with Crippen molar-refractivity contribution in [3.05, 3.63) is 74.5 Å². The first-order valence-electron chi connectivity index (χ1n) is 9.09. The third-order valence-electron chi connectivity index (χ3n) is 4.60. The molecular formula is C20H16Cl2FN7O. The maximum atomic E-state index is 14.6. The van der Waals surface area contributed by atoms with Gasteiger partial charge >= 0.3 is 0 Å². The second-order valence-electron chi connectivity index (χ2n) is 6.69. The van der Waals surface area contributed by atoms with Crippen LogP contribution in [0.15, 0.2) is 47.3 Å². The van der Waals surface area contributed by atoms with E-state index in [0.29, 0.717) is 5.69 Å². The van der Waals surface area contributed by atoms with E-state index in [4.69, 9.17) is 34.7 Å². The molecule has 8 nitrogen and oxygen atoms in total. The SMILES string of the molecule is C[C@H](Nc1nc(N)nc(N)c1Cl)c1nc2c(F)ccc(Cl)c2c(=O)n1-c1ccccc1. The Morgan fingerprint density at radius 1 is 1.06 bits per heavy atom. The maximum absolute atomic E-state index is 14.6. The molecule has 0 amide bonds. The van der Waals surface area contributed by atoms with E-state index in [-0.39, 0.29) is 44.4 Å². The smallest absolute Gasteiger partial charge is 0.267 e. The van der Waals surface area contributed by atoms with E-state index >= 15 is 0 Å². The number of hydrogen-bond donors (Lipinski definition) is 3. The van der Waals surface area contributed by atoms with Crippen LogP contribution < -0.4 is 22.3 Å². The fourth-order valence-corrected chi connectivity index (χ4v) is 3.57. The highest BCUT2D eigenvalue weighted by molar-refractivity contribution is 6.35. The first kappa shape index (κ1) is 20.8. The Morgan fingerprint density at radius 2 is 1.77 bits per heavy atom. The summed E-state index contributed by atoms with van der Waals surface area (Å²) in [7, 11) is 0. The summed E-state index contributed by atoms with van der Waals surface area (Å²) in [6, 6.07) is 10.6. The van der Waals surface area contributed by atoms with Gasteiger partial charge < -0.3 is 16.8 Å². The van der Waals surface area contributed by atoms with Gasteiger partial charge in [-0.3, -0.25) is 9.36 Å². The van der Waals surface area contributed by atoms with Gasteiger partial charge in [0.15, 0.2) is 5.82 Å². The van der Waals surface area contributed by atoms with Gasteiger partial charge in [0.05, 0.1) is 22.1 Å². The number of para-hydroxylation sites is 1. The van der Waals surface area contributed by atoms with Crippen molar-refractivity contribution in [1.29, 1.82) is 0 Å². The fraction of sp³-hybridized carbons (Fsp3) is 0.100. The number of rotatable bonds is 4. The minimum absolute atomic E-state index is 0.00591. The predicted octanol–water partition coefficient (Wildman–Crippen LogP) is 3.96. The Bertz CT molecular complexity index is 1360. The van der Waals surface area contributed by atoms with E-state index in [0.717, 1.165) is 6.07 Å². The monoisotopic (exact) mass is 459 g/mol. The fourth-order valence-electron chi connectivity index (χ4n) is 3.20. The zero-order valence-electron chi connectivity index (χ0n) is 16.1. The number of halogens is 3. The lowest BCUT2D eigenvalue weighted by Gasteiger charge is -2.21. The summed E-state index contributed by atoms with van der Waals surface area (Å²) in [6.45, 7) is 1.71. The molecule has 1 atom stereocenters. The average molecular weight is 460 g/mol. The van der Waals surface area contributed by atoms with E-state index in [9.17, 15) is 9.18 Å². The molecule has 31 heavy (non-hydrogen) atoms. The number of anilines is 3. The minimum atomic E-state index is -0.668. The van der Waals surface area contributed by atoms with Gasteiger partial charge in [0.25, 0.3) is 5.56 Å². The van der Waals surface area contributed by atoms with E-state index in [1.807, 2.05) is 6.07 Å². The number of hydrogen-bond acceptors (Lipinski definition) is 7. The predicted molar refractivity (Wildman–Crippen MR) is 120 cm³/mol. The van der Waals surface area contributed by atoms with Gasteiger partial charge in [-0.1, -0.05) is 41.4 Å². The third-order valence-corrected chi connectivity index (χ3v) is 5.29. The summed E-state index contributed by atoms with van der Waals surface area (Å²) in [6.07, 6.45) is 0. The van der Waals surface area contributed by atoms with Crippen LogP contribution in [0.5, 0.6) is 0 Å². The number of nitrogens with zero attached hydrogens (tertiary/aromatic N) is 4. The van der Waals surface area contributed by atoms with E-state index in [1.165, 1.54) is 10.6 Å². The van der Waals surface area contributed by atoms with Gasteiger partial charge in [0, 0.05) is 0 Å². The third kappa shape index (κ3) is 3.73. The Hall–Kier alpha value is -3.43. The molecule has 0 unspecified atom stereocenters. The van der Waals surface area contributed by atoms with Crippen LogP contribution in [0.1, 0.15) is 18.8 Å². The molecule has 0 bridgehead atoms. The number of nitrogen functional groups attached to an aromatic ring is 2. The summed E-state index contributed by atoms with van der Waals surface area (Å²) in [5.41, 5.74) is 11.3. The average Bonchev–Trinajstić information content (AvgIpc) is 2.74. The van der Waals surface area contributed by atoms with E-state index in [1.54, 1.807) is 31.2 Å². The van der Waals surface area contributed by atoms with Crippen LogP contribution in [0, 0.1) is 5.82 Å². The van der Waals surface area contributed by atoms with Crippen LogP contribution in [0.3, 0.4) is 0 Å². The van der Waals surface area contributed by atoms with E-state index in [2.05, 4.69) is 20.3 Å². The van der Waals surface area contributed by atoms with Gasteiger partial charge in [-0.25, -0.2) is 9.37 Å². The molecule has 0 spiro atoms. The van der Waals surface area contributed by atoms with Crippen molar-refractivity contribution in [3.8, 4) is 5.69 Å². The lowest BCUT2D eigenvalue weighted by molar-refractivity contribution is 0.632. The van der Waals surface area contributed by atoms with Crippen LogP contribution in [-0.2, 0) is 0 Å². The van der Waals surface area contributed by atoms with Crippen molar-refractivity contribution < 1.29 is 4.39 Å². The van der Waals surface area contributed by atoms with Crippen molar-refractivity contribution >= 4 is 51.7 Å². The standard InChI is InChI=1S/C20H16Cl2FN7O/c1-9(26-17-14(22)16(24)28-20(25)29-17)18-27-15-12(23)8-7-11(21)13(15)19(31)30(18)10-5-3-2-4-6-10/h2-9H,1H3,(H5,24,25,26,28,29)/t9-/m0/s1. The largest absolute Gasteiger partial charge is 0.382 e.